The zero-order valence-corrected chi connectivity index (χ0v) is 19.0. The number of halogens is 3. The number of pyridine rings is 2. The quantitative estimate of drug-likeness (QED) is 0.341. The van der Waals surface area contributed by atoms with Crippen molar-refractivity contribution < 1.29 is 31.8 Å². The number of nitrogens with zero attached hydrogens (tertiary/aromatic N) is 4. The lowest BCUT2D eigenvalue weighted by atomic mass is 10.1. The van der Waals surface area contributed by atoms with Gasteiger partial charge in [0.05, 0.1) is 11.7 Å². The van der Waals surface area contributed by atoms with E-state index in [0.717, 1.165) is 16.7 Å². The molecule has 0 saturated heterocycles. The number of benzene rings is 1. The zero-order valence-electron chi connectivity index (χ0n) is 16.6. The maximum absolute atomic E-state index is 14.9. The maximum atomic E-state index is 14.9. The van der Waals surface area contributed by atoms with Gasteiger partial charge in [0.1, 0.15) is 15.9 Å². The molecule has 0 spiro atoms. The molecule has 174 valence electrons. The van der Waals surface area contributed by atoms with Gasteiger partial charge in [0.25, 0.3) is 10.0 Å². The first-order valence-electron chi connectivity index (χ1n) is 9.08. The fourth-order valence-electron chi connectivity index (χ4n) is 2.88. The number of aromatic nitrogens is 3. The lowest BCUT2D eigenvalue weighted by molar-refractivity contribution is 0.206. The van der Waals surface area contributed by atoms with Gasteiger partial charge in [0.2, 0.25) is 0 Å². The van der Waals surface area contributed by atoms with Crippen molar-refractivity contribution >= 4 is 44.9 Å². The minimum absolute atomic E-state index is 0.0130. The maximum Gasteiger partial charge on any atom is 0.427 e. The molecule has 1 aromatic carbocycles. The van der Waals surface area contributed by atoms with Crippen molar-refractivity contribution in [2.75, 3.05) is 4.31 Å². The highest BCUT2D eigenvalue weighted by molar-refractivity contribution is 7.93. The Bertz CT molecular complexity index is 1470. The van der Waals surface area contributed by atoms with E-state index in [1.807, 2.05) is 0 Å². The molecule has 0 fully saturated rings. The van der Waals surface area contributed by atoms with Crippen LogP contribution in [0.25, 0.3) is 11.1 Å². The summed E-state index contributed by atoms with van der Waals surface area (Å²) in [5, 5.41) is 10.6. The van der Waals surface area contributed by atoms with Crippen molar-refractivity contribution in [3.8, 4) is 22.6 Å². The van der Waals surface area contributed by atoms with Crippen LogP contribution < -0.4 is 9.04 Å². The molecule has 0 aliphatic heterocycles. The van der Waals surface area contributed by atoms with E-state index >= 15 is 0 Å². The Morgan fingerprint density at radius 3 is 2.56 bits per heavy atom. The summed E-state index contributed by atoms with van der Waals surface area (Å²) >= 11 is 6.87. The van der Waals surface area contributed by atoms with E-state index < -0.39 is 44.2 Å². The molecule has 1 amide bonds. The number of carboxylic acid groups (broad SMARTS) is 1. The Morgan fingerprint density at radius 1 is 1.12 bits per heavy atom. The van der Waals surface area contributed by atoms with Gasteiger partial charge in [0, 0.05) is 41.0 Å². The highest BCUT2D eigenvalue weighted by Crippen LogP contribution is 2.36. The number of carbonyl (C=O) groups is 1. The van der Waals surface area contributed by atoms with Crippen LogP contribution >= 0.6 is 22.9 Å². The number of rotatable bonds is 6. The average molecular weight is 525 g/mol. The van der Waals surface area contributed by atoms with Crippen LogP contribution in [0.3, 0.4) is 0 Å². The van der Waals surface area contributed by atoms with E-state index in [-0.39, 0.29) is 15.2 Å². The summed E-state index contributed by atoms with van der Waals surface area (Å²) in [5.74, 6) is -3.87. The van der Waals surface area contributed by atoms with Gasteiger partial charge in [-0.05, 0) is 12.1 Å². The molecule has 3 aromatic heterocycles. The van der Waals surface area contributed by atoms with E-state index in [9.17, 15) is 27.1 Å². The first-order chi connectivity index (χ1) is 16.2. The Hall–Kier alpha value is -3.68. The monoisotopic (exact) mass is 524 g/mol. The molecule has 0 aliphatic carbocycles. The third kappa shape index (κ3) is 4.53. The molecule has 14 heteroatoms. The lowest BCUT2D eigenvalue weighted by Crippen LogP contribution is -2.36. The third-order valence-electron chi connectivity index (χ3n) is 4.33. The Morgan fingerprint density at radius 2 is 1.91 bits per heavy atom. The standard InChI is InChI=1S/C20H11ClF2N4O5S2/c21-18-4-12(11-2-1-3-24-7-11)16(8-25-18)32-15-5-14(23)17(6-13(15)22)34(30,31)27(20(28)29)19-9-33-10-26-19/h1-10H,(H,28,29). The van der Waals surface area contributed by atoms with E-state index in [0.29, 0.717) is 23.3 Å². The topological polar surface area (TPSA) is 123 Å². The molecule has 3 heterocycles. The predicted molar refractivity (Wildman–Crippen MR) is 119 cm³/mol. The molecule has 1 N–H and O–H groups in total. The fraction of sp³-hybridized carbons (Fsp3) is 0. The summed E-state index contributed by atoms with van der Waals surface area (Å²) in [7, 11) is -5.05. The SMILES string of the molecule is O=C(O)N(c1cscn1)S(=O)(=O)c1cc(F)c(Oc2cnc(Cl)cc2-c2cccnc2)cc1F. The fourth-order valence-corrected chi connectivity index (χ4v) is 4.93. The van der Waals surface area contributed by atoms with E-state index in [4.69, 9.17) is 16.3 Å². The summed E-state index contributed by atoms with van der Waals surface area (Å²) in [6.45, 7) is 0. The summed E-state index contributed by atoms with van der Waals surface area (Å²) in [4.78, 5) is 21.8. The third-order valence-corrected chi connectivity index (χ3v) is 6.81. The van der Waals surface area contributed by atoms with Crippen LogP contribution in [0, 0.1) is 11.6 Å². The second-order valence-electron chi connectivity index (χ2n) is 6.46. The van der Waals surface area contributed by atoms with Gasteiger partial charge in [-0.25, -0.2) is 32.0 Å². The molecular weight excluding hydrogens is 514 g/mol. The molecular formula is C20H11ClF2N4O5S2. The molecule has 34 heavy (non-hydrogen) atoms. The van der Waals surface area contributed by atoms with Crippen LogP contribution in [0.5, 0.6) is 11.5 Å². The summed E-state index contributed by atoms with van der Waals surface area (Å²) in [6.07, 6.45) is 2.26. The van der Waals surface area contributed by atoms with Crippen LogP contribution in [-0.2, 0) is 10.0 Å². The van der Waals surface area contributed by atoms with Gasteiger partial charge in [-0.1, -0.05) is 17.7 Å². The van der Waals surface area contributed by atoms with Gasteiger partial charge >= 0.3 is 6.09 Å². The smallest absolute Gasteiger partial charge is 0.427 e. The first-order valence-corrected chi connectivity index (χ1v) is 11.8. The van der Waals surface area contributed by atoms with Crippen molar-refractivity contribution in [1.82, 2.24) is 15.0 Å². The summed E-state index contributed by atoms with van der Waals surface area (Å²) in [5.41, 5.74) is 2.10. The van der Waals surface area contributed by atoms with Gasteiger partial charge < -0.3 is 9.84 Å². The van der Waals surface area contributed by atoms with E-state index in [1.54, 1.807) is 12.1 Å². The number of thiazole rings is 1. The van der Waals surface area contributed by atoms with Crippen LogP contribution in [0.15, 0.2) is 64.7 Å². The molecule has 0 aliphatic rings. The molecule has 4 aromatic rings. The molecule has 0 atom stereocenters. The van der Waals surface area contributed by atoms with Crippen LogP contribution in [-0.4, -0.2) is 34.6 Å². The normalized spacial score (nSPS) is 11.3. The lowest BCUT2D eigenvalue weighted by Gasteiger charge is -2.18. The van der Waals surface area contributed by atoms with Crippen molar-refractivity contribution in [2.45, 2.75) is 4.90 Å². The van der Waals surface area contributed by atoms with Gasteiger partial charge in [-0.3, -0.25) is 4.98 Å². The number of anilines is 1. The molecule has 0 unspecified atom stereocenters. The molecule has 9 nitrogen and oxygen atoms in total. The van der Waals surface area contributed by atoms with Crippen molar-refractivity contribution in [2.24, 2.45) is 0 Å². The highest BCUT2D eigenvalue weighted by atomic mass is 35.5. The summed E-state index contributed by atoms with van der Waals surface area (Å²) < 4.78 is 60.7. The molecule has 0 bridgehead atoms. The van der Waals surface area contributed by atoms with Crippen molar-refractivity contribution in [3.63, 3.8) is 0 Å². The van der Waals surface area contributed by atoms with E-state index in [2.05, 4.69) is 15.0 Å². The van der Waals surface area contributed by atoms with Crippen molar-refractivity contribution in [1.29, 1.82) is 0 Å². The number of sulfonamides is 1. The van der Waals surface area contributed by atoms with Crippen LogP contribution in [0.4, 0.5) is 19.4 Å². The predicted octanol–water partition coefficient (Wildman–Crippen LogP) is 5.20. The first kappa shape index (κ1) is 23.5. The minimum Gasteiger partial charge on any atom is -0.464 e. The van der Waals surface area contributed by atoms with Crippen LogP contribution in [0.2, 0.25) is 5.15 Å². The second kappa shape index (κ2) is 9.29. The van der Waals surface area contributed by atoms with Crippen LogP contribution in [0.1, 0.15) is 0 Å². The number of hydrogen-bond donors (Lipinski definition) is 1. The Balaban J connectivity index is 1.75. The highest BCUT2D eigenvalue weighted by Gasteiger charge is 2.35. The molecule has 0 saturated carbocycles. The number of ether oxygens (including phenoxy) is 1. The number of hydrogen-bond acceptors (Lipinski definition) is 8. The van der Waals surface area contributed by atoms with Gasteiger partial charge in [-0.2, -0.15) is 0 Å². The molecule has 0 radical (unpaired) electrons. The van der Waals surface area contributed by atoms with Gasteiger partial charge in [-0.15, -0.1) is 15.6 Å². The molecule has 4 rings (SSSR count). The van der Waals surface area contributed by atoms with Gasteiger partial charge in [0.15, 0.2) is 23.1 Å². The average Bonchev–Trinajstić information content (AvgIpc) is 3.31. The minimum atomic E-state index is -5.05. The van der Waals surface area contributed by atoms with Crippen molar-refractivity contribution in [3.05, 3.63) is 76.6 Å². The van der Waals surface area contributed by atoms with E-state index in [1.165, 1.54) is 30.2 Å². The Kier molecular flexibility index (Phi) is 6.41. The zero-order chi connectivity index (χ0) is 24.5. The second-order valence-corrected chi connectivity index (χ2v) is 9.32. The largest absolute Gasteiger partial charge is 0.464 e. The Labute approximate surface area is 199 Å². The summed E-state index contributed by atoms with van der Waals surface area (Å²) in [6, 6.07) is 5.57. The number of amides is 1.